The quantitative estimate of drug-likeness (QED) is 0.349. The largest absolute Gasteiger partial charge is 0.337 e. The first-order valence-corrected chi connectivity index (χ1v) is 9.69. The first kappa shape index (κ1) is 17.0. The zero-order valence-corrected chi connectivity index (χ0v) is 16.9. The number of rotatable bonds is 3. The van der Waals surface area contributed by atoms with Gasteiger partial charge in [-0.25, -0.2) is 4.98 Å². The minimum atomic E-state index is 0.899. The third kappa shape index (κ3) is 3.31. The highest BCUT2D eigenvalue weighted by Gasteiger charge is 2.15. The molecule has 0 aliphatic rings. The van der Waals surface area contributed by atoms with Crippen LogP contribution in [0.25, 0.3) is 33.9 Å². The number of aromatic nitrogens is 2. The van der Waals surface area contributed by atoms with E-state index in [1.54, 1.807) is 0 Å². The highest BCUT2D eigenvalue weighted by Crippen LogP contribution is 2.34. The highest BCUT2D eigenvalue weighted by molar-refractivity contribution is 14.1. The molecule has 1 N–H and O–H groups in total. The van der Waals surface area contributed by atoms with Crippen LogP contribution < -0.4 is 0 Å². The van der Waals surface area contributed by atoms with Crippen LogP contribution in [0.4, 0.5) is 0 Å². The third-order valence-corrected chi connectivity index (χ3v) is 5.32. The lowest BCUT2D eigenvalue weighted by Crippen LogP contribution is -1.87. The van der Waals surface area contributed by atoms with Crippen molar-refractivity contribution in [1.82, 2.24) is 9.97 Å². The van der Waals surface area contributed by atoms with Crippen molar-refractivity contribution in [2.24, 2.45) is 0 Å². The lowest BCUT2D eigenvalue weighted by Gasteiger charge is -2.06. The predicted octanol–water partition coefficient (Wildman–Crippen LogP) is 6.63. The van der Waals surface area contributed by atoms with Gasteiger partial charge < -0.3 is 4.98 Å². The monoisotopic (exact) mass is 450 g/mol. The number of nitrogens with zero attached hydrogens (tertiary/aromatic N) is 1. The lowest BCUT2D eigenvalue weighted by atomic mass is 10.0. The van der Waals surface area contributed by atoms with Crippen molar-refractivity contribution in [3.8, 4) is 33.9 Å². The van der Waals surface area contributed by atoms with Crippen molar-refractivity contribution in [1.29, 1.82) is 0 Å². The molecule has 4 aromatic rings. The predicted molar refractivity (Wildman–Crippen MR) is 117 cm³/mol. The second kappa shape index (κ2) is 7.08. The molecule has 2 nitrogen and oxygen atoms in total. The first-order chi connectivity index (χ1) is 12.6. The smallest absolute Gasteiger partial charge is 0.138 e. The molecule has 0 bridgehead atoms. The fourth-order valence-electron chi connectivity index (χ4n) is 3.06. The Labute approximate surface area is 167 Å². The minimum Gasteiger partial charge on any atom is -0.337 e. The normalized spacial score (nSPS) is 10.9. The number of benzene rings is 3. The Bertz CT molecular complexity index is 1060. The summed E-state index contributed by atoms with van der Waals surface area (Å²) >= 11 is 2.34. The van der Waals surface area contributed by atoms with Gasteiger partial charge in [-0.1, -0.05) is 54.6 Å². The van der Waals surface area contributed by atoms with Gasteiger partial charge >= 0.3 is 0 Å². The topological polar surface area (TPSA) is 28.7 Å². The highest BCUT2D eigenvalue weighted by atomic mass is 127. The maximum Gasteiger partial charge on any atom is 0.138 e. The van der Waals surface area contributed by atoms with E-state index in [2.05, 4.69) is 108 Å². The lowest BCUT2D eigenvalue weighted by molar-refractivity contribution is 1.30. The molecular formula is C23H19IN2. The molecule has 128 valence electrons. The van der Waals surface area contributed by atoms with E-state index in [9.17, 15) is 0 Å². The van der Waals surface area contributed by atoms with Crippen LogP contribution in [-0.2, 0) is 0 Å². The van der Waals surface area contributed by atoms with Crippen LogP contribution in [0.5, 0.6) is 0 Å². The molecule has 1 aromatic heterocycles. The van der Waals surface area contributed by atoms with Gasteiger partial charge in [-0.3, -0.25) is 0 Å². The van der Waals surface area contributed by atoms with Crippen molar-refractivity contribution in [3.05, 3.63) is 87.5 Å². The van der Waals surface area contributed by atoms with Crippen molar-refractivity contribution in [3.63, 3.8) is 0 Å². The van der Waals surface area contributed by atoms with E-state index in [-0.39, 0.29) is 0 Å². The molecule has 0 aliphatic carbocycles. The molecule has 26 heavy (non-hydrogen) atoms. The summed E-state index contributed by atoms with van der Waals surface area (Å²) in [5, 5.41) is 0. The van der Waals surface area contributed by atoms with Crippen LogP contribution in [0.1, 0.15) is 11.1 Å². The summed E-state index contributed by atoms with van der Waals surface area (Å²) in [5.41, 5.74) is 8.01. The molecule has 4 rings (SSSR count). The van der Waals surface area contributed by atoms with Crippen LogP contribution in [0.2, 0.25) is 0 Å². The average molecular weight is 450 g/mol. The summed E-state index contributed by atoms with van der Waals surface area (Å²) in [7, 11) is 0. The van der Waals surface area contributed by atoms with E-state index in [1.165, 1.54) is 14.7 Å². The van der Waals surface area contributed by atoms with E-state index in [4.69, 9.17) is 4.98 Å². The van der Waals surface area contributed by atoms with Gasteiger partial charge in [0.25, 0.3) is 0 Å². The summed E-state index contributed by atoms with van der Waals surface area (Å²) in [4.78, 5) is 8.54. The number of H-pyrrole nitrogens is 1. The minimum absolute atomic E-state index is 0.899. The molecule has 0 saturated carbocycles. The Morgan fingerprint density at radius 3 is 2.23 bits per heavy atom. The zero-order valence-electron chi connectivity index (χ0n) is 14.8. The van der Waals surface area contributed by atoms with E-state index in [0.717, 1.165) is 33.9 Å². The fraction of sp³-hybridized carbons (Fsp3) is 0.0870. The van der Waals surface area contributed by atoms with Crippen LogP contribution in [-0.4, -0.2) is 9.97 Å². The van der Waals surface area contributed by atoms with Gasteiger partial charge in [0.1, 0.15) is 5.82 Å². The Balaban J connectivity index is 1.92. The van der Waals surface area contributed by atoms with E-state index < -0.39 is 0 Å². The molecule has 0 saturated heterocycles. The summed E-state index contributed by atoms with van der Waals surface area (Å²) in [5.74, 6) is 0.899. The van der Waals surface area contributed by atoms with Gasteiger partial charge in [-0.15, -0.1) is 0 Å². The number of nitrogens with one attached hydrogen (secondary N) is 1. The van der Waals surface area contributed by atoms with Gasteiger partial charge in [-0.05, 0) is 65.8 Å². The fourth-order valence-corrected chi connectivity index (χ4v) is 3.60. The number of hydrogen-bond donors (Lipinski definition) is 1. The molecule has 0 radical (unpaired) electrons. The van der Waals surface area contributed by atoms with Crippen LogP contribution in [0.3, 0.4) is 0 Å². The van der Waals surface area contributed by atoms with Crippen molar-refractivity contribution in [2.45, 2.75) is 13.8 Å². The Morgan fingerprint density at radius 2 is 1.50 bits per heavy atom. The Hall–Kier alpha value is -2.40. The standard InChI is InChI=1S/C23H19IN2/c1-15-11-12-18(13-16(15)2)22-21(17-7-4-3-5-8-17)25-23(26-22)19-9-6-10-20(24)14-19/h3-14H,1-2H3,(H,25,26). The van der Waals surface area contributed by atoms with E-state index in [1.807, 2.05) is 6.07 Å². The van der Waals surface area contributed by atoms with Gasteiger partial charge in [0.15, 0.2) is 0 Å². The van der Waals surface area contributed by atoms with Crippen LogP contribution in [0.15, 0.2) is 72.8 Å². The summed E-state index contributed by atoms with van der Waals surface area (Å²) in [6, 6.07) is 25.4. The van der Waals surface area contributed by atoms with Gasteiger partial charge in [-0.2, -0.15) is 0 Å². The second-order valence-corrected chi connectivity index (χ2v) is 7.73. The maximum atomic E-state index is 4.98. The van der Waals surface area contributed by atoms with Crippen LogP contribution >= 0.6 is 22.6 Å². The maximum absolute atomic E-state index is 4.98. The summed E-state index contributed by atoms with van der Waals surface area (Å²) in [6.45, 7) is 4.28. The molecule has 3 heteroatoms. The van der Waals surface area contributed by atoms with Gasteiger partial charge in [0.05, 0.1) is 11.4 Å². The Morgan fingerprint density at radius 1 is 0.731 bits per heavy atom. The third-order valence-electron chi connectivity index (χ3n) is 4.64. The van der Waals surface area contributed by atoms with E-state index >= 15 is 0 Å². The van der Waals surface area contributed by atoms with Crippen molar-refractivity contribution >= 4 is 22.6 Å². The average Bonchev–Trinajstić information content (AvgIpc) is 3.10. The molecule has 3 aromatic carbocycles. The second-order valence-electron chi connectivity index (χ2n) is 6.48. The summed E-state index contributed by atoms with van der Waals surface area (Å²) < 4.78 is 1.20. The number of imidazole rings is 1. The van der Waals surface area contributed by atoms with Gasteiger partial charge in [0, 0.05) is 20.3 Å². The van der Waals surface area contributed by atoms with Crippen molar-refractivity contribution < 1.29 is 0 Å². The summed E-state index contributed by atoms with van der Waals surface area (Å²) in [6.07, 6.45) is 0. The zero-order chi connectivity index (χ0) is 18.1. The molecule has 0 amide bonds. The molecule has 1 heterocycles. The number of hydrogen-bond acceptors (Lipinski definition) is 1. The molecular weight excluding hydrogens is 431 g/mol. The van der Waals surface area contributed by atoms with Crippen molar-refractivity contribution in [2.75, 3.05) is 0 Å². The molecule has 0 spiro atoms. The number of aryl methyl sites for hydroxylation is 2. The number of aromatic amines is 1. The SMILES string of the molecule is Cc1ccc(-c2nc(-c3cccc(I)c3)[nH]c2-c2ccccc2)cc1C. The number of halogens is 1. The van der Waals surface area contributed by atoms with Gasteiger partial charge in [0.2, 0.25) is 0 Å². The molecule has 0 atom stereocenters. The Kier molecular flexibility index (Phi) is 4.64. The van der Waals surface area contributed by atoms with Crippen LogP contribution in [0, 0.1) is 17.4 Å². The molecule has 0 fully saturated rings. The van der Waals surface area contributed by atoms with E-state index in [0.29, 0.717) is 0 Å². The molecule has 0 aliphatic heterocycles. The first-order valence-electron chi connectivity index (χ1n) is 8.61. The molecule has 0 unspecified atom stereocenters.